The molecule has 1 heterocycles. The monoisotopic (exact) mass is 259 g/mol. The van der Waals surface area contributed by atoms with E-state index >= 15 is 0 Å². The van der Waals surface area contributed by atoms with Crippen molar-refractivity contribution >= 4 is 17.4 Å². The highest BCUT2D eigenvalue weighted by molar-refractivity contribution is 6.30. The summed E-state index contributed by atoms with van der Waals surface area (Å²) in [6, 6.07) is 9.71. The molecule has 3 rings (SSSR count). The molecule has 2 aromatic rings. The first-order chi connectivity index (χ1) is 8.76. The molecular formula is C14H14ClN3. The van der Waals surface area contributed by atoms with Gasteiger partial charge in [0.1, 0.15) is 11.6 Å². The highest BCUT2D eigenvalue weighted by Crippen LogP contribution is 2.39. The van der Waals surface area contributed by atoms with Gasteiger partial charge in [0, 0.05) is 29.6 Å². The van der Waals surface area contributed by atoms with E-state index in [0.29, 0.717) is 5.92 Å². The van der Waals surface area contributed by atoms with Crippen LogP contribution in [-0.4, -0.2) is 17.0 Å². The molecule has 0 aliphatic heterocycles. The highest BCUT2D eigenvalue weighted by atomic mass is 35.5. The number of hydrogen-bond acceptors (Lipinski definition) is 3. The van der Waals surface area contributed by atoms with Gasteiger partial charge in [0.05, 0.1) is 5.69 Å². The fraction of sp³-hybridized carbons (Fsp3) is 0.286. The molecule has 3 nitrogen and oxygen atoms in total. The van der Waals surface area contributed by atoms with Gasteiger partial charge in [-0.05, 0) is 25.0 Å². The average molecular weight is 260 g/mol. The summed E-state index contributed by atoms with van der Waals surface area (Å²) in [6.07, 6.45) is 2.39. The first-order valence-electron chi connectivity index (χ1n) is 6.09. The molecule has 1 aromatic carbocycles. The second-order valence-electron chi connectivity index (χ2n) is 4.53. The molecule has 4 heteroatoms. The fourth-order valence-corrected chi connectivity index (χ4v) is 2.10. The smallest absolute Gasteiger partial charge is 0.134 e. The number of benzene rings is 1. The van der Waals surface area contributed by atoms with Crippen LogP contribution in [0.1, 0.15) is 24.6 Å². The zero-order valence-electron chi connectivity index (χ0n) is 10.2. The van der Waals surface area contributed by atoms with Crippen LogP contribution in [0.5, 0.6) is 0 Å². The molecule has 1 aromatic heterocycles. The van der Waals surface area contributed by atoms with E-state index in [2.05, 4.69) is 15.3 Å². The van der Waals surface area contributed by atoms with Crippen LogP contribution in [0.4, 0.5) is 5.82 Å². The van der Waals surface area contributed by atoms with Crippen molar-refractivity contribution in [3.8, 4) is 11.3 Å². The van der Waals surface area contributed by atoms with E-state index < -0.39 is 0 Å². The van der Waals surface area contributed by atoms with E-state index in [1.54, 1.807) is 0 Å². The van der Waals surface area contributed by atoms with Crippen LogP contribution in [-0.2, 0) is 0 Å². The molecule has 1 aliphatic carbocycles. The maximum atomic E-state index is 6.02. The predicted molar refractivity (Wildman–Crippen MR) is 74.0 cm³/mol. The summed E-state index contributed by atoms with van der Waals surface area (Å²) >= 11 is 6.02. The molecule has 0 atom stereocenters. The molecule has 1 N–H and O–H groups in total. The van der Waals surface area contributed by atoms with Crippen LogP contribution < -0.4 is 5.32 Å². The second-order valence-corrected chi connectivity index (χ2v) is 4.97. The molecule has 1 aliphatic rings. The normalized spacial score (nSPS) is 14.6. The lowest BCUT2D eigenvalue weighted by Crippen LogP contribution is -2.00. The minimum absolute atomic E-state index is 0.538. The van der Waals surface area contributed by atoms with Crippen molar-refractivity contribution in [2.45, 2.75) is 18.8 Å². The summed E-state index contributed by atoms with van der Waals surface area (Å²) in [7, 11) is 1.88. The second kappa shape index (κ2) is 4.58. The lowest BCUT2D eigenvalue weighted by atomic mass is 10.1. The van der Waals surface area contributed by atoms with Gasteiger partial charge in [-0.1, -0.05) is 23.7 Å². The van der Waals surface area contributed by atoms with Crippen LogP contribution in [0.2, 0.25) is 5.02 Å². The molecule has 0 saturated heterocycles. The Morgan fingerprint density at radius 2 is 2.06 bits per heavy atom. The Morgan fingerprint density at radius 3 is 2.72 bits per heavy atom. The highest BCUT2D eigenvalue weighted by Gasteiger charge is 2.27. The number of nitrogens with zero attached hydrogens (tertiary/aromatic N) is 2. The van der Waals surface area contributed by atoms with Crippen molar-refractivity contribution < 1.29 is 0 Å². The zero-order valence-corrected chi connectivity index (χ0v) is 10.9. The van der Waals surface area contributed by atoms with Gasteiger partial charge >= 0.3 is 0 Å². The third-order valence-corrected chi connectivity index (χ3v) is 3.30. The van der Waals surface area contributed by atoms with E-state index in [-0.39, 0.29) is 0 Å². The number of hydrogen-bond donors (Lipinski definition) is 1. The maximum absolute atomic E-state index is 6.02. The SMILES string of the molecule is CNc1cc(-c2cccc(Cl)c2)nc(C2CC2)n1. The summed E-state index contributed by atoms with van der Waals surface area (Å²) in [5, 5.41) is 3.82. The predicted octanol–water partition coefficient (Wildman–Crippen LogP) is 3.72. The van der Waals surface area contributed by atoms with Gasteiger partial charge in [-0.25, -0.2) is 9.97 Å². The minimum atomic E-state index is 0.538. The number of nitrogens with one attached hydrogen (secondary N) is 1. The van der Waals surface area contributed by atoms with Crippen molar-refractivity contribution in [1.82, 2.24) is 9.97 Å². The molecule has 0 spiro atoms. The molecule has 92 valence electrons. The number of aromatic nitrogens is 2. The summed E-state index contributed by atoms with van der Waals surface area (Å²) < 4.78 is 0. The summed E-state index contributed by atoms with van der Waals surface area (Å²) in [4.78, 5) is 9.15. The van der Waals surface area contributed by atoms with Gasteiger partial charge in [-0.15, -0.1) is 0 Å². The quantitative estimate of drug-likeness (QED) is 0.913. The van der Waals surface area contributed by atoms with Crippen molar-refractivity contribution in [3.63, 3.8) is 0 Å². The molecule has 0 amide bonds. The fourth-order valence-electron chi connectivity index (χ4n) is 1.91. The van der Waals surface area contributed by atoms with Gasteiger partial charge in [0.15, 0.2) is 0 Å². The summed E-state index contributed by atoms with van der Waals surface area (Å²) in [6.45, 7) is 0. The average Bonchev–Trinajstić information content (AvgIpc) is 3.22. The van der Waals surface area contributed by atoms with Crippen LogP contribution in [0.3, 0.4) is 0 Å². The van der Waals surface area contributed by atoms with Crippen molar-refractivity contribution in [3.05, 3.63) is 41.2 Å². The Kier molecular flexibility index (Phi) is 2.92. The summed E-state index contributed by atoms with van der Waals surface area (Å²) in [5.74, 6) is 2.34. The Labute approximate surface area is 111 Å². The minimum Gasteiger partial charge on any atom is -0.373 e. The lowest BCUT2D eigenvalue weighted by Gasteiger charge is -2.07. The molecule has 18 heavy (non-hydrogen) atoms. The zero-order chi connectivity index (χ0) is 12.5. The van der Waals surface area contributed by atoms with Gasteiger partial charge in [0.25, 0.3) is 0 Å². The topological polar surface area (TPSA) is 37.8 Å². The van der Waals surface area contributed by atoms with Crippen molar-refractivity contribution in [2.75, 3.05) is 12.4 Å². The Bertz CT molecular complexity index is 579. The molecule has 1 saturated carbocycles. The lowest BCUT2D eigenvalue weighted by molar-refractivity contribution is 0.932. The van der Waals surface area contributed by atoms with Crippen LogP contribution in [0.25, 0.3) is 11.3 Å². The van der Waals surface area contributed by atoms with Crippen molar-refractivity contribution in [1.29, 1.82) is 0 Å². The molecule has 0 radical (unpaired) electrons. The molecule has 0 bridgehead atoms. The van der Waals surface area contributed by atoms with Crippen LogP contribution in [0, 0.1) is 0 Å². The first kappa shape index (κ1) is 11.5. The van der Waals surface area contributed by atoms with Crippen molar-refractivity contribution in [2.24, 2.45) is 0 Å². The molecule has 0 unspecified atom stereocenters. The van der Waals surface area contributed by atoms with E-state index in [9.17, 15) is 0 Å². The van der Waals surface area contributed by atoms with Crippen LogP contribution in [0.15, 0.2) is 30.3 Å². The van der Waals surface area contributed by atoms with Gasteiger partial charge < -0.3 is 5.32 Å². The Hall–Kier alpha value is -1.61. The van der Waals surface area contributed by atoms with Gasteiger partial charge in [-0.2, -0.15) is 0 Å². The standard InChI is InChI=1S/C14H14ClN3/c1-16-13-8-12(10-3-2-4-11(15)7-10)17-14(18-13)9-5-6-9/h2-4,7-9H,5-6H2,1H3,(H,16,17,18). The molecular weight excluding hydrogens is 246 g/mol. The molecule has 1 fully saturated rings. The Morgan fingerprint density at radius 1 is 1.22 bits per heavy atom. The van der Waals surface area contributed by atoms with E-state index in [4.69, 9.17) is 11.6 Å². The van der Waals surface area contributed by atoms with Gasteiger partial charge in [0.2, 0.25) is 0 Å². The Balaban J connectivity index is 2.07. The van der Waals surface area contributed by atoms with E-state index in [1.165, 1.54) is 12.8 Å². The van der Waals surface area contributed by atoms with Gasteiger partial charge in [-0.3, -0.25) is 0 Å². The van der Waals surface area contributed by atoms with E-state index in [1.807, 2.05) is 37.4 Å². The summed E-state index contributed by atoms with van der Waals surface area (Å²) in [5.41, 5.74) is 1.96. The third-order valence-electron chi connectivity index (χ3n) is 3.06. The van der Waals surface area contributed by atoms with Crippen LogP contribution >= 0.6 is 11.6 Å². The third kappa shape index (κ3) is 2.31. The largest absolute Gasteiger partial charge is 0.373 e. The first-order valence-corrected chi connectivity index (χ1v) is 6.47. The van der Waals surface area contributed by atoms with E-state index in [0.717, 1.165) is 27.9 Å². The number of halogens is 1. The maximum Gasteiger partial charge on any atom is 0.134 e. The number of anilines is 1. The number of rotatable bonds is 3.